The van der Waals surface area contributed by atoms with Crippen LogP contribution in [0.1, 0.15) is 28.4 Å². The maximum absolute atomic E-state index is 15.2. The summed E-state index contributed by atoms with van der Waals surface area (Å²) >= 11 is 0. The molecule has 1 heterocycles. The van der Waals surface area contributed by atoms with Crippen molar-refractivity contribution in [2.75, 3.05) is 19.8 Å². The van der Waals surface area contributed by atoms with E-state index in [4.69, 9.17) is 9.47 Å². The molecule has 45 heavy (non-hydrogen) atoms. The summed E-state index contributed by atoms with van der Waals surface area (Å²) in [5.74, 6) is -7.16. The number of hydrogen-bond acceptors (Lipinski definition) is 6. The Morgan fingerprint density at radius 3 is 2.38 bits per heavy atom. The van der Waals surface area contributed by atoms with Gasteiger partial charge in [-0.15, -0.1) is 0 Å². The zero-order chi connectivity index (χ0) is 32.6. The first kappa shape index (κ1) is 33.5. The number of carbonyl (C=O) groups excluding carboxylic acids is 1. The van der Waals surface area contributed by atoms with Crippen LogP contribution in [0.15, 0.2) is 85.5 Å². The summed E-state index contributed by atoms with van der Waals surface area (Å²) in [4.78, 5) is 19.0. The van der Waals surface area contributed by atoms with E-state index in [1.165, 1.54) is 41.3 Å². The van der Waals surface area contributed by atoms with Crippen LogP contribution in [0.4, 0.5) is 26.3 Å². The van der Waals surface area contributed by atoms with E-state index in [1.54, 1.807) is 0 Å². The van der Waals surface area contributed by atoms with Gasteiger partial charge in [0.15, 0.2) is 6.61 Å². The van der Waals surface area contributed by atoms with E-state index in [2.05, 4.69) is 10.1 Å². The number of rotatable bonds is 15. The van der Waals surface area contributed by atoms with Crippen LogP contribution in [0.3, 0.4) is 0 Å². The molecule has 0 spiro atoms. The normalized spacial score (nSPS) is 13.8. The van der Waals surface area contributed by atoms with E-state index in [9.17, 15) is 31.9 Å². The van der Waals surface area contributed by atoms with Crippen molar-refractivity contribution < 1.29 is 45.7 Å². The average Bonchev–Trinajstić information content (AvgIpc) is 3.53. The van der Waals surface area contributed by atoms with Crippen molar-refractivity contribution >= 4 is 5.91 Å². The van der Waals surface area contributed by atoms with Gasteiger partial charge in [-0.25, -0.2) is 27.2 Å². The fourth-order valence-corrected chi connectivity index (χ4v) is 4.60. The van der Waals surface area contributed by atoms with E-state index in [0.717, 1.165) is 29.8 Å². The van der Waals surface area contributed by atoms with Crippen LogP contribution in [-0.2, 0) is 23.5 Å². The summed E-state index contributed by atoms with van der Waals surface area (Å²) in [7, 11) is 0. The standard InChI is InChI=1S/C31H30F6N4O4/c1-21(30(43,17-40-20-38-19-39-40)26-12-9-24(32)15-27(26)33)41(13-14-44-16-22-5-3-2-4-6-22)28(42)23-7-10-25(11-8-23)45-18-31(36,37)29(34)35/h2-12,15,19-21,29,43H,13-14,16-18H2,1H3/t21-,30-/m1/s1. The highest BCUT2D eigenvalue weighted by Gasteiger charge is 2.44. The number of ether oxygens (including phenoxy) is 2. The van der Waals surface area contributed by atoms with Gasteiger partial charge in [-0.3, -0.25) is 4.79 Å². The predicted molar refractivity (Wildman–Crippen MR) is 150 cm³/mol. The number of amides is 1. The number of halogens is 6. The molecule has 0 radical (unpaired) electrons. The lowest BCUT2D eigenvalue weighted by molar-refractivity contribution is -0.148. The molecule has 0 saturated carbocycles. The largest absolute Gasteiger partial charge is 0.487 e. The molecule has 2 atom stereocenters. The van der Waals surface area contributed by atoms with Gasteiger partial charge in [0.05, 0.1) is 25.8 Å². The van der Waals surface area contributed by atoms with Gasteiger partial charge in [0.25, 0.3) is 5.91 Å². The van der Waals surface area contributed by atoms with E-state index >= 15 is 4.39 Å². The number of alkyl halides is 4. The van der Waals surface area contributed by atoms with E-state index in [1.807, 2.05) is 30.3 Å². The van der Waals surface area contributed by atoms with Gasteiger partial charge >= 0.3 is 12.3 Å². The third kappa shape index (κ3) is 8.39. The van der Waals surface area contributed by atoms with Gasteiger partial charge < -0.3 is 19.5 Å². The van der Waals surface area contributed by atoms with E-state index < -0.39 is 48.1 Å². The second-order valence-corrected chi connectivity index (χ2v) is 10.2. The smallest absolute Gasteiger partial charge is 0.340 e. The fraction of sp³-hybridized carbons (Fsp3) is 0.323. The summed E-state index contributed by atoms with van der Waals surface area (Å²) in [5.41, 5.74) is -1.60. The molecule has 0 aliphatic carbocycles. The van der Waals surface area contributed by atoms with Crippen LogP contribution < -0.4 is 4.74 Å². The summed E-state index contributed by atoms with van der Waals surface area (Å²) in [6.45, 7) is -0.385. The first-order chi connectivity index (χ1) is 21.4. The molecular formula is C31H30F6N4O4. The van der Waals surface area contributed by atoms with Gasteiger partial charge in [0.1, 0.15) is 35.6 Å². The summed E-state index contributed by atoms with van der Waals surface area (Å²) in [6.07, 6.45) is -1.43. The highest BCUT2D eigenvalue weighted by atomic mass is 19.3. The Labute approximate surface area is 254 Å². The van der Waals surface area contributed by atoms with Crippen LogP contribution >= 0.6 is 0 Å². The average molecular weight is 637 g/mol. The van der Waals surface area contributed by atoms with Crippen molar-refractivity contribution in [1.29, 1.82) is 0 Å². The molecule has 0 bridgehead atoms. The number of hydrogen-bond donors (Lipinski definition) is 1. The number of benzene rings is 3. The van der Waals surface area contributed by atoms with Crippen molar-refractivity contribution in [2.45, 2.75) is 44.1 Å². The zero-order valence-corrected chi connectivity index (χ0v) is 24.0. The second-order valence-electron chi connectivity index (χ2n) is 10.2. The molecule has 14 heteroatoms. The van der Waals surface area contributed by atoms with Crippen LogP contribution in [0.25, 0.3) is 0 Å². The molecule has 4 aromatic rings. The molecule has 1 N–H and O–H groups in total. The molecule has 1 amide bonds. The molecule has 0 aliphatic rings. The van der Waals surface area contributed by atoms with Gasteiger partial charge in [-0.2, -0.15) is 13.9 Å². The molecule has 240 valence electrons. The molecular weight excluding hydrogens is 606 g/mol. The van der Waals surface area contributed by atoms with Crippen LogP contribution in [0.5, 0.6) is 5.75 Å². The molecule has 0 saturated heterocycles. The molecule has 8 nitrogen and oxygen atoms in total. The highest BCUT2D eigenvalue weighted by Crippen LogP contribution is 2.34. The third-order valence-corrected chi connectivity index (χ3v) is 7.13. The summed E-state index contributed by atoms with van der Waals surface area (Å²) in [5, 5.41) is 16.1. The molecule has 0 unspecified atom stereocenters. The molecule has 0 aliphatic heterocycles. The van der Waals surface area contributed by atoms with Crippen molar-refractivity contribution in [1.82, 2.24) is 19.7 Å². The van der Waals surface area contributed by atoms with E-state index in [-0.39, 0.29) is 43.2 Å². The molecule has 0 fully saturated rings. The van der Waals surface area contributed by atoms with E-state index in [0.29, 0.717) is 6.07 Å². The Morgan fingerprint density at radius 2 is 1.76 bits per heavy atom. The maximum atomic E-state index is 15.2. The quantitative estimate of drug-likeness (QED) is 0.138. The van der Waals surface area contributed by atoms with Crippen LogP contribution in [0.2, 0.25) is 0 Å². The first-order valence-electron chi connectivity index (χ1n) is 13.7. The van der Waals surface area contributed by atoms with Crippen molar-refractivity contribution in [3.8, 4) is 5.75 Å². The monoisotopic (exact) mass is 636 g/mol. The second kappa shape index (κ2) is 14.6. The van der Waals surface area contributed by atoms with Gasteiger partial charge in [-0.1, -0.05) is 36.4 Å². The molecule has 1 aromatic heterocycles. The topological polar surface area (TPSA) is 89.7 Å². The highest BCUT2D eigenvalue weighted by molar-refractivity contribution is 5.94. The van der Waals surface area contributed by atoms with Crippen LogP contribution in [0, 0.1) is 11.6 Å². The SMILES string of the molecule is C[C@@H](N(CCOCc1ccccc1)C(=O)c1ccc(OCC(F)(F)C(F)F)cc1)[C@](O)(Cn1cncn1)c1ccc(F)cc1F. The van der Waals surface area contributed by atoms with Crippen molar-refractivity contribution in [3.63, 3.8) is 0 Å². The lowest BCUT2D eigenvalue weighted by atomic mass is 9.85. The van der Waals surface area contributed by atoms with Gasteiger partial charge in [0.2, 0.25) is 0 Å². The number of nitrogens with zero attached hydrogens (tertiary/aromatic N) is 4. The Bertz CT molecular complexity index is 1530. The zero-order valence-electron chi connectivity index (χ0n) is 24.0. The van der Waals surface area contributed by atoms with Crippen molar-refractivity contribution in [2.24, 2.45) is 0 Å². The van der Waals surface area contributed by atoms with Crippen LogP contribution in [-0.4, -0.2) is 68.8 Å². The Balaban J connectivity index is 1.63. The predicted octanol–water partition coefficient (Wildman–Crippen LogP) is 5.47. The summed E-state index contributed by atoms with van der Waals surface area (Å²) < 4.78 is 92.4. The molecule has 4 rings (SSSR count). The maximum Gasteiger partial charge on any atom is 0.340 e. The number of carbonyl (C=O) groups is 1. The Kier molecular flexibility index (Phi) is 10.8. The lowest BCUT2D eigenvalue weighted by Crippen LogP contribution is -2.54. The molecule has 3 aromatic carbocycles. The van der Waals surface area contributed by atoms with Gasteiger partial charge in [-0.05, 0) is 42.8 Å². The van der Waals surface area contributed by atoms with Crippen molar-refractivity contribution in [3.05, 3.63) is 114 Å². The summed E-state index contributed by atoms with van der Waals surface area (Å²) in [6, 6.07) is 15.5. The van der Waals surface area contributed by atoms with Gasteiger partial charge in [0, 0.05) is 23.7 Å². The minimum atomic E-state index is -4.37. The Morgan fingerprint density at radius 1 is 1.04 bits per heavy atom. The fourth-order valence-electron chi connectivity index (χ4n) is 4.60. The number of aliphatic hydroxyl groups is 1. The minimum absolute atomic E-state index is 0.0137. The lowest BCUT2D eigenvalue weighted by Gasteiger charge is -2.41. The third-order valence-electron chi connectivity index (χ3n) is 7.13. The first-order valence-corrected chi connectivity index (χ1v) is 13.7. The number of aromatic nitrogens is 3. The Hall–Kier alpha value is -4.43. The minimum Gasteiger partial charge on any atom is -0.487 e.